The predicted molar refractivity (Wildman–Crippen MR) is 51.1 cm³/mol. The van der Waals surface area contributed by atoms with Gasteiger partial charge in [-0.15, -0.1) is 0 Å². The molecule has 6 nitrogen and oxygen atoms in total. The third-order valence-electron chi connectivity index (χ3n) is 1.45. The van der Waals surface area contributed by atoms with Gasteiger partial charge in [0, 0.05) is 16.4 Å². The van der Waals surface area contributed by atoms with E-state index in [0.717, 1.165) is 13.2 Å². The number of aromatic nitrogens is 2. The molecule has 0 saturated carbocycles. The van der Waals surface area contributed by atoms with Crippen LogP contribution in [0.1, 0.15) is 16.3 Å². The summed E-state index contributed by atoms with van der Waals surface area (Å²) in [5.74, 6) is -1.16. The lowest BCUT2D eigenvalue weighted by Crippen LogP contribution is -2.11. The van der Waals surface area contributed by atoms with Gasteiger partial charge in [0.25, 0.3) is 9.05 Å². The summed E-state index contributed by atoms with van der Waals surface area (Å²) < 4.78 is 26.3. The zero-order chi connectivity index (χ0) is 11.6. The Bertz CT molecular complexity index is 500. The van der Waals surface area contributed by atoms with Gasteiger partial charge in [0.15, 0.2) is 5.03 Å². The van der Waals surface area contributed by atoms with Gasteiger partial charge in [-0.1, -0.05) is 0 Å². The van der Waals surface area contributed by atoms with Gasteiger partial charge in [0.1, 0.15) is 0 Å². The molecular formula is C7H7ClN2O4S. The summed E-state index contributed by atoms with van der Waals surface area (Å²) in [6.45, 7) is 1.51. The Hall–Kier alpha value is -1.21. The lowest BCUT2D eigenvalue weighted by molar-refractivity contribution is 0.0585. The fourth-order valence-electron chi connectivity index (χ4n) is 0.847. The Morgan fingerprint density at radius 1 is 1.47 bits per heavy atom. The predicted octanol–water partition coefficient (Wildman–Crippen LogP) is 0.499. The van der Waals surface area contributed by atoms with Crippen molar-refractivity contribution >= 4 is 25.7 Å². The van der Waals surface area contributed by atoms with E-state index in [9.17, 15) is 13.2 Å². The molecule has 0 spiro atoms. The lowest BCUT2D eigenvalue weighted by Gasteiger charge is -2.01. The molecule has 0 aliphatic rings. The Morgan fingerprint density at radius 2 is 2.07 bits per heavy atom. The van der Waals surface area contributed by atoms with Crippen LogP contribution in [-0.4, -0.2) is 31.5 Å². The van der Waals surface area contributed by atoms with Crippen LogP contribution >= 0.6 is 10.7 Å². The van der Waals surface area contributed by atoms with E-state index in [4.69, 9.17) is 10.7 Å². The van der Waals surface area contributed by atoms with Crippen LogP contribution in [0.2, 0.25) is 0 Å². The average Bonchev–Trinajstić information content (AvgIpc) is 2.14. The van der Waals surface area contributed by atoms with Crippen LogP contribution in [0.5, 0.6) is 0 Å². The van der Waals surface area contributed by atoms with E-state index in [1.165, 1.54) is 6.92 Å². The van der Waals surface area contributed by atoms with Crippen molar-refractivity contribution in [1.29, 1.82) is 0 Å². The minimum atomic E-state index is -3.98. The fourth-order valence-corrected chi connectivity index (χ4v) is 1.59. The molecule has 0 saturated heterocycles. The van der Waals surface area contributed by atoms with E-state index in [1.54, 1.807) is 0 Å². The summed E-state index contributed by atoms with van der Waals surface area (Å²) in [5, 5.41) is -0.419. The van der Waals surface area contributed by atoms with Gasteiger partial charge in [0.05, 0.1) is 7.11 Å². The zero-order valence-corrected chi connectivity index (χ0v) is 9.46. The fraction of sp³-hybridized carbons (Fsp3) is 0.286. The summed E-state index contributed by atoms with van der Waals surface area (Å²) in [6.07, 6.45) is 0. The first-order valence-corrected chi connectivity index (χ1v) is 6.04. The van der Waals surface area contributed by atoms with Crippen molar-refractivity contribution in [3.05, 3.63) is 17.6 Å². The van der Waals surface area contributed by atoms with Crippen LogP contribution in [0, 0.1) is 6.92 Å². The topological polar surface area (TPSA) is 86.2 Å². The van der Waals surface area contributed by atoms with Crippen LogP contribution in [-0.2, 0) is 13.8 Å². The van der Waals surface area contributed by atoms with Crippen molar-refractivity contribution in [1.82, 2.24) is 9.97 Å². The molecule has 0 fully saturated rings. The molecule has 0 atom stereocenters. The third kappa shape index (κ3) is 2.87. The van der Waals surface area contributed by atoms with Crippen molar-refractivity contribution < 1.29 is 17.9 Å². The van der Waals surface area contributed by atoms with E-state index in [1.807, 2.05) is 0 Å². The quantitative estimate of drug-likeness (QED) is 0.432. The highest BCUT2D eigenvalue weighted by Crippen LogP contribution is 2.13. The van der Waals surface area contributed by atoms with E-state index in [-0.39, 0.29) is 5.82 Å². The largest absolute Gasteiger partial charge is 0.463 e. The normalized spacial score (nSPS) is 11.1. The van der Waals surface area contributed by atoms with Gasteiger partial charge in [-0.2, -0.15) is 0 Å². The Labute approximate surface area is 90.7 Å². The van der Waals surface area contributed by atoms with Gasteiger partial charge >= 0.3 is 5.97 Å². The van der Waals surface area contributed by atoms with Gasteiger partial charge in [0.2, 0.25) is 5.82 Å². The molecular weight excluding hydrogens is 244 g/mol. The molecule has 1 aromatic rings. The standard InChI is InChI=1S/C7H7ClN2O4S/c1-4-3-5(15(8,12)13)10-6(9-4)7(11)14-2/h3H,1-2H3. The summed E-state index contributed by atoms with van der Waals surface area (Å²) in [7, 11) is 2.25. The number of rotatable bonds is 2. The van der Waals surface area contributed by atoms with E-state index < -0.39 is 20.0 Å². The van der Waals surface area contributed by atoms with Gasteiger partial charge in [-0.05, 0) is 13.0 Å². The van der Waals surface area contributed by atoms with Crippen LogP contribution in [0.15, 0.2) is 11.1 Å². The van der Waals surface area contributed by atoms with Crippen LogP contribution < -0.4 is 0 Å². The molecule has 0 aliphatic carbocycles. The molecule has 1 rings (SSSR count). The molecule has 0 aliphatic heterocycles. The highest BCUT2D eigenvalue weighted by molar-refractivity contribution is 8.13. The van der Waals surface area contributed by atoms with Crippen LogP contribution in [0.25, 0.3) is 0 Å². The van der Waals surface area contributed by atoms with E-state index >= 15 is 0 Å². The second-order valence-electron chi connectivity index (χ2n) is 2.60. The first-order chi connectivity index (χ1) is 6.84. The first-order valence-electron chi connectivity index (χ1n) is 3.73. The molecule has 82 valence electrons. The number of ether oxygens (including phenoxy) is 1. The van der Waals surface area contributed by atoms with Gasteiger partial charge in [-0.3, -0.25) is 0 Å². The Balaban J connectivity index is 3.35. The molecule has 0 amide bonds. The smallest absolute Gasteiger partial charge is 0.376 e. The number of nitrogens with zero attached hydrogens (tertiary/aromatic N) is 2. The maximum absolute atomic E-state index is 11.1. The number of methoxy groups -OCH3 is 1. The summed E-state index contributed by atoms with van der Waals surface area (Å²) in [4.78, 5) is 18.2. The summed E-state index contributed by atoms with van der Waals surface area (Å²) >= 11 is 0. The zero-order valence-electron chi connectivity index (χ0n) is 7.89. The third-order valence-corrected chi connectivity index (χ3v) is 2.63. The van der Waals surface area contributed by atoms with Crippen molar-refractivity contribution in [3.8, 4) is 0 Å². The van der Waals surface area contributed by atoms with Crippen molar-refractivity contribution in [2.45, 2.75) is 11.9 Å². The molecule has 0 aromatic carbocycles. The molecule has 8 heteroatoms. The summed E-state index contributed by atoms with van der Waals surface area (Å²) in [5.41, 5.74) is 0.310. The maximum atomic E-state index is 11.1. The minimum Gasteiger partial charge on any atom is -0.463 e. The highest BCUT2D eigenvalue weighted by Gasteiger charge is 2.18. The van der Waals surface area contributed by atoms with E-state index in [0.29, 0.717) is 5.69 Å². The van der Waals surface area contributed by atoms with Crippen molar-refractivity contribution in [3.63, 3.8) is 0 Å². The first kappa shape index (κ1) is 11.9. The number of carbonyl (C=O) groups is 1. The Kier molecular flexibility index (Phi) is 3.25. The monoisotopic (exact) mass is 250 g/mol. The SMILES string of the molecule is COC(=O)c1nc(C)cc(S(=O)(=O)Cl)n1. The number of hydrogen-bond donors (Lipinski definition) is 0. The van der Waals surface area contributed by atoms with Crippen LogP contribution in [0.4, 0.5) is 0 Å². The number of carbonyl (C=O) groups excluding carboxylic acids is 1. The maximum Gasteiger partial charge on any atom is 0.376 e. The second kappa shape index (κ2) is 4.11. The van der Waals surface area contributed by atoms with Crippen molar-refractivity contribution in [2.75, 3.05) is 7.11 Å². The number of halogens is 1. The molecule has 0 unspecified atom stereocenters. The number of aryl methyl sites for hydroxylation is 1. The molecule has 0 N–H and O–H groups in total. The lowest BCUT2D eigenvalue weighted by atomic mass is 10.4. The highest BCUT2D eigenvalue weighted by atomic mass is 35.7. The minimum absolute atomic E-state index is 0.310. The average molecular weight is 251 g/mol. The number of esters is 1. The number of hydrogen-bond acceptors (Lipinski definition) is 6. The molecule has 1 aromatic heterocycles. The van der Waals surface area contributed by atoms with Crippen molar-refractivity contribution in [2.24, 2.45) is 0 Å². The second-order valence-corrected chi connectivity index (χ2v) is 5.11. The Morgan fingerprint density at radius 3 is 2.53 bits per heavy atom. The molecule has 1 heterocycles. The molecule has 0 radical (unpaired) electrons. The summed E-state index contributed by atoms with van der Waals surface area (Å²) in [6, 6.07) is 1.16. The molecule has 15 heavy (non-hydrogen) atoms. The van der Waals surface area contributed by atoms with Gasteiger partial charge < -0.3 is 4.74 Å². The van der Waals surface area contributed by atoms with Gasteiger partial charge in [-0.25, -0.2) is 23.2 Å². The molecule has 0 bridgehead atoms. The van der Waals surface area contributed by atoms with Crippen LogP contribution in [0.3, 0.4) is 0 Å². The van der Waals surface area contributed by atoms with E-state index in [2.05, 4.69) is 14.7 Å².